The summed E-state index contributed by atoms with van der Waals surface area (Å²) in [6, 6.07) is 0. The second kappa shape index (κ2) is 5.43. The molecule has 0 aromatic heterocycles. The van der Waals surface area contributed by atoms with Crippen molar-refractivity contribution in [2.45, 2.75) is 19.4 Å². The second-order valence-corrected chi connectivity index (χ2v) is 4.24. The number of carbonyl (C=O) groups is 3. The van der Waals surface area contributed by atoms with Gasteiger partial charge in [0.15, 0.2) is 0 Å². The van der Waals surface area contributed by atoms with Crippen LogP contribution in [-0.4, -0.2) is 28.9 Å². The topological polar surface area (TPSA) is 69.7 Å². The highest BCUT2D eigenvalue weighted by Gasteiger charge is 2.42. The third-order valence-corrected chi connectivity index (χ3v) is 3.42. The van der Waals surface area contributed by atoms with E-state index >= 15 is 0 Å². The molecule has 1 aliphatic rings. The molecule has 0 bridgehead atoms. The fourth-order valence-electron chi connectivity index (χ4n) is 1.64. The Balaban J connectivity index is 2.62. The Kier molecular flexibility index (Phi) is 4.49. The Morgan fingerprint density at radius 3 is 2.87 bits per heavy atom. The van der Waals surface area contributed by atoms with Gasteiger partial charge in [-0.25, -0.2) is 0 Å². The summed E-state index contributed by atoms with van der Waals surface area (Å²) in [6.45, 7) is 1.84. The molecule has 6 heteroatoms. The first-order valence-electron chi connectivity index (χ1n) is 4.49. The largest absolute Gasteiger partial charge is 0.462 e. The van der Waals surface area contributed by atoms with Crippen molar-refractivity contribution in [3.8, 4) is 0 Å². The summed E-state index contributed by atoms with van der Waals surface area (Å²) in [5.41, 5.74) is 0. The Labute approximate surface area is 101 Å². The predicted octanol–water partition coefficient (Wildman–Crippen LogP) is 0.689. The van der Waals surface area contributed by atoms with Crippen LogP contribution >= 0.6 is 22.6 Å². The normalized spacial score (nSPS) is 29.7. The summed E-state index contributed by atoms with van der Waals surface area (Å²) in [5, 5.41) is 0. The minimum atomic E-state index is -0.616. The number of hydrogen-bond donors (Lipinski definition) is 0. The van der Waals surface area contributed by atoms with Crippen LogP contribution < -0.4 is 0 Å². The van der Waals surface area contributed by atoms with Gasteiger partial charge in [0.25, 0.3) is 0 Å². The molecule has 0 N–H and O–H groups in total. The number of ether oxygens (including phenoxy) is 2. The lowest BCUT2D eigenvalue weighted by Gasteiger charge is -2.14. The molecule has 3 atom stereocenters. The molecule has 0 aliphatic carbocycles. The first kappa shape index (κ1) is 12.4. The lowest BCUT2D eigenvalue weighted by Crippen LogP contribution is -2.24. The molecule has 0 aromatic rings. The third-order valence-electron chi connectivity index (χ3n) is 2.47. The maximum atomic E-state index is 11.3. The molecule has 0 amide bonds. The van der Waals surface area contributed by atoms with E-state index in [4.69, 9.17) is 4.74 Å². The van der Waals surface area contributed by atoms with Crippen molar-refractivity contribution in [2.75, 3.05) is 4.43 Å². The SMILES string of the molecule is CC1OC(=O)[C@@H](CI)C1CC(=O)OC=O. The lowest BCUT2D eigenvalue weighted by atomic mass is 9.90. The molecule has 0 radical (unpaired) electrons. The number of rotatable bonds is 4. The number of carbonyl (C=O) groups excluding carboxylic acids is 3. The van der Waals surface area contributed by atoms with Crippen LogP contribution in [0, 0.1) is 11.8 Å². The maximum absolute atomic E-state index is 11.3. The molecular formula is C9H11IO5. The molecule has 0 aromatic carbocycles. The summed E-state index contributed by atoms with van der Waals surface area (Å²) >= 11 is 2.08. The van der Waals surface area contributed by atoms with Gasteiger partial charge in [-0.05, 0) is 6.92 Å². The smallest absolute Gasteiger partial charge is 0.313 e. The Morgan fingerprint density at radius 1 is 1.67 bits per heavy atom. The molecule has 1 saturated heterocycles. The van der Waals surface area contributed by atoms with Crippen molar-refractivity contribution >= 4 is 41.0 Å². The minimum Gasteiger partial charge on any atom is -0.462 e. The molecule has 1 fully saturated rings. The molecule has 15 heavy (non-hydrogen) atoms. The van der Waals surface area contributed by atoms with E-state index in [0.717, 1.165) is 0 Å². The first-order chi connectivity index (χ1) is 7.10. The Hall–Kier alpha value is -0.660. The van der Waals surface area contributed by atoms with Crippen LogP contribution in [0.25, 0.3) is 0 Å². The van der Waals surface area contributed by atoms with Gasteiger partial charge in [-0.1, -0.05) is 22.6 Å². The van der Waals surface area contributed by atoms with Crippen LogP contribution in [-0.2, 0) is 23.9 Å². The van der Waals surface area contributed by atoms with Crippen LogP contribution in [0.4, 0.5) is 0 Å². The number of alkyl halides is 1. The standard InChI is InChI=1S/C9H11IO5/c1-5-6(2-8(12)14-4-11)7(3-10)9(13)15-5/h4-7H,2-3H2,1H3/t5?,6?,7-/m0/s1. The minimum absolute atomic E-state index is 0.0410. The van der Waals surface area contributed by atoms with Gasteiger partial charge in [0.05, 0.1) is 12.3 Å². The number of esters is 2. The summed E-state index contributed by atoms with van der Waals surface area (Å²) in [6.07, 6.45) is -0.254. The van der Waals surface area contributed by atoms with E-state index in [0.29, 0.717) is 4.43 Å². The van der Waals surface area contributed by atoms with Crippen LogP contribution in [0.15, 0.2) is 0 Å². The third kappa shape index (κ3) is 2.90. The molecule has 2 unspecified atom stereocenters. The molecule has 0 spiro atoms. The van der Waals surface area contributed by atoms with Gasteiger partial charge in [-0.15, -0.1) is 0 Å². The van der Waals surface area contributed by atoms with Crippen molar-refractivity contribution < 1.29 is 23.9 Å². The van der Waals surface area contributed by atoms with E-state index in [1.807, 2.05) is 0 Å². The van der Waals surface area contributed by atoms with E-state index in [9.17, 15) is 14.4 Å². The van der Waals surface area contributed by atoms with E-state index < -0.39 is 5.97 Å². The van der Waals surface area contributed by atoms with Gasteiger partial charge in [-0.3, -0.25) is 14.4 Å². The molecule has 84 valence electrons. The van der Waals surface area contributed by atoms with Crippen LogP contribution in [0.2, 0.25) is 0 Å². The van der Waals surface area contributed by atoms with Crippen molar-refractivity contribution in [1.29, 1.82) is 0 Å². The van der Waals surface area contributed by atoms with Gasteiger partial charge < -0.3 is 9.47 Å². The Morgan fingerprint density at radius 2 is 2.33 bits per heavy atom. The highest BCUT2D eigenvalue weighted by Crippen LogP contribution is 2.32. The molecule has 0 saturated carbocycles. The van der Waals surface area contributed by atoms with E-state index in [1.165, 1.54) is 0 Å². The summed E-state index contributed by atoms with van der Waals surface area (Å²) in [5.74, 6) is -1.36. The molecule has 1 aliphatic heterocycles. The zero-order valence-corrected chi connectivity index (χ0v) is 10.3. The van der Waals surface area contributed by atoms with Gasteiger partial charge in [0.2, 0.25) is 0 Å². The highest BCUT2D eigenvalue weighted by atomic mass is 127. The van der Waals surface area contributed by atoms with E-state index in [1.54, 1.807) is 6.92 Å². The fraction of sp³-hybridized carbons (Fsp3) is 0.667. The molecule has 1 rings (SSSR count). The maximum Gasteiger partial charge on any atom is 0.313 e. The zero-order valence-electron chi connectivity index (χ0n) is 8.14. The van der Waals surface area contributed by atoms with Gasteiger partial charge in [0, 0.05) is 10.3 Å². The average Bonchev–Trinajstić information content (AvgIpc) is 2.42. The first-order valence-corrected chi connectivity index (χ1v) is 6.02. The second-order valence-electron chi connectivity index (χ2n) is 3.36. The van der Waals surface area contributed by atoms with Gasteiger partial charge in [0.1, 0.15) is 6.10 Å². The summed E-state index contributed by atoms with van der Waals surface area (Å²) in [4.78, 5) is 32.4. The summed E-state index contributed by atoms with van der Waals surface area (Å²) in [7, 11) is 0. The fourth-order valence-corrected chi connectivity index (χ4v) is 2.65. The average molecular weight is 326 g/mol. The van der Waals surface area contributed by atoms with Gasteiger partial charge >= 0.3 is 18.4 Å². The molecular weight excluding hydrogens is 315 g/mol. The molecule has 5 nitrogen and oxygen atoms in total. The van der Waals surface area contributed by atoms with Gasteiger partial charge in [-0.2, -0.15) is 0 Å². The van der Waals surface area contributed by atoms with Crippen LogP contribution in [0.5, 0.6) is 0 Å². The van der Waals surface area contributed by atoms with Crippen molar-refractivity contribution in [2.24, 2.45) is 11.8 Å². The van der Waals surface area contributed by atoms with E-state index in [-0.39, 0.29) is 36.8 Å². The highest BCUT2D eigenvalue weighted by molar-refractivity contribution is 14.1. The van der Waals surface area contributed by atoms with E-state index in [2.05, 4.69) is 27.3 Å². The number of halogens is 1. The van der Waals surface area contributed by atoms with Crippen LogP contribution in [0.1, 0.15) is 13.3 Å². The van der Waals surface area contributed by atoms with Crippen molar-refractivity contribution in [3.05, 3.63) is 0 Å². The Bertz CT molecular complexity index is 278. The lowest BCUT2D eigenvalue weighted by molar-refractivity contribution is -0.152. The monoisotopic (exact) mass is 326 g/mol. The van der Waals surface area contributed by atoms with Crippen molar-refractivity contribution in [3.63, 3.8) is 0 Å². The van der Waals surface area contributed by atoms with Crippen molar-refractivity contribution in [1.82, 2.24) is 0 Å². The zero-order chi connectivity index (χ0) is 11.4. The number of cyclic esters (lactones) is 1. The number of hydrogen-bond acceptors (Lipinski definition) is 5. The molecule has 1 heterocycles. The predicted molar refractivity (Wildman–Crippen MR) is 58.2 cm³/mol. The van der Waals surface area contributed by atoms with Crippen LogP contribution in [0.3, 0.4) is 0 Å². The summed E-state index contributed by atoms with van der Waals surface area (Å²) < 4.78 is 9.81. The quantitative estimate of drug-likeness (QED) is 0.250.